The lowest BCUT2D eigenvalue weighted by molar-refractivity contribution is 0.0465. The molecule has 1 heterocycles. The van der Waals surface area contributed by atoms with Crippen molar-refractivity contribution in [2.45, 2.75) is 6.61 Å². The van der Waals surface area contributed by atoms with Gasteiger partial charge < -0.3 is 4.74 Å². The van der Waals surface area contributed by atoms with Crippen molar-refractivity contribution in [3.05, 3.63) is 70.0 Å². The van der Waals surface area contributed by atoms with E-state index in [1.165, 1.54) is 6.20 Å². The molecule has 0 N–H and O–H groups in total. The summed E-state index contributed by atoms with van der Waals surface area (Å²) in [6.45, 7) is 0.0875. The summed E-state index contributed by atoms with van der Waals surface area (Å²) in [6.07, 6.45) is 1.40. The molecular weight excluding hydrogens is 323 g/mol. The van der Waals surface area contributed by atoms with Crippen LogP contribution in [0.3, 0.4) is 0 Å². The smallest absolute Gasteiger partial charge is 0.358 e. The first-order chi connectivity index (χ1) is 10.6. The Bertz CT molecular complexity index is 852. The number of nitrogens with zero attached hydrogens (tertiary/aromatic N) is 2. The van der Waals surface area contributed by atoms with Gasteiger partial charge in [-0.2, -0.15) is 0 Å². The molecule has 6 heteroatoms. The van der Waals surface area contributed by atoms with Crippen molar-refractivity contribution in [2.24, 2.45) is 0 Å². The summed E-state index contributed by atoms with van der Waals surface area (Å²) >= 11 is 11.8. The Kier molecular flexibility index (Phi) is 4.22. The number of halogens is 2. The molecule has 0 saturated carbocycles. The van der Waals surface area contributed by atoms with Gasteiger partial charge in [-0.1, -0.05) is 41.4 Å². The van der Waals surface area contributed by atoms with E-state index in [0.717, 1.165) is 11.1 Å². The Morgan fingerprint density at radius 3 is 2.59 bits per heavy atom. The highest BCUT2D eigenvalue weighted by Gasteiger charge is 2.11. The van der Waals surface area contributed by atoms with Crippen LogP contribution >= 0.6 is 23.2 Å². The largest absolute Gasteiger partial charge is 0.456 e. The lowest BCUT2D eigenvalue weighted by Gasteiger charge is -2.06. The van der Waals surface area contributed by atoms with Gasteiger partial charge in [0.05, 0.1) is 27.3 Å². The van der Waals surface area contributed by atoms with Crippen LogP contribution in [-0.2, 0) is 11.3 Å². The van der Waals surface area contributed by atoms with Crippen molar-refractivity contribution >= 4 is 40.2 Å². The molecule has 0 fully saturated rings. The highest BCUT2D eigenvalue weighted by Crippen LogP contribution is 2.23. The number of hydrogen-bond acceptors (Lipinski definition) is 4. The molecule has 0 bridgehead atoms. The maximum atomic E-state index is 12.0. The van der Waals surface area contributed by atoms with Crippen molar-refractivity contribution < 1.29 is 9.53 Å². The highest BCUT2D eigenvalue weighted by molar-refractivity contribution is 6.42. The van der Waals surface area contributed by atoms with Gasteiger partial charge in [0, 0.05) is 0 Å². The molecule has 0 radical (unpaired) electrons. The van der Waals surface area contributed by atoms with Crippen molar-refractivity contribution in [1.82, 2.24) is 9.97 Å². The maximum Gasteiger partial charge on any atom is 0.358 e. The minimum absolute atomic E-state index is 0.0875. The molecule has 4 nitrogen and oxygen atoms in total. The minimum atomic E-state index is -0.538. The van der Waals surface area contributed by atoms with E-state index in [9.17, 15) is 4.79 Å². The molecule has 0 spiro atoms. The van der Waals surface area contributed by atoms with Gasteiger partial charge in [0.25, 0.3) is 0 Å². The molecule has 0 atom stereocenters. The van der Waals surface area contributed by atoms with Gasteiger partial charge in [0.1, 0.15) is 6.61 Å². The molecule has 0 aliphatic heterocycles. The van der Waals surface area contributed by atoms with E-state index in [-0.39, 0.29) is 12.3 Å². The van der Waals surface area contributed by atoms with Crippen LogP contribution < -0.4 is 0 Å². The fourth-order valence-electron chi connectivity index (χ4n) is 1.91. The first kappa shape index (κ1) is 14.8. The zero-order valence-corrected chi connectivity index (χ0v) is 12.8. The fraction of sp³-hybridized carbons (Fsp3) is 0.0625. The van der Waals surface area contributed by atoms with E-state index in [0.29, 0.717) is 15.6 Å². The number of aromatic nitrogens is 2. The van der Waals surface area contributed by atoms with Crippen LogP contribution in [0.2, 0.25) is 10.0 Å². The molecule has 0 saturated heterocycles. The Labute approximate surface area is 136 Å². The Balaban J connectivity index is 1.74. The average molecular weight is 333 g/mol. The molecule has 3 aromatic rings. The zero-order valence-electron chi connectivity index (χ0n) is 11.3. The van der Waals surface area contributed by atoms with Gasteiger partial charge in [-0.15, -0.1) is 0 Å². The molecule has 1 aromatic heterocycles. The van der Waals surface area contributed by atoms with Crippen LogP contribution in [0.5, 0.6) is 0 Å². The first-order valence-electron chi connectivity index (χ1n) is 6.46. The van der Waals surface area contributed by atoms with E-state index < -0.39 is 5.97 Å². The number of carbonyl (C=O) groups is 1. The van der Waals surface area contributed by atoms with E-state index in [4.69, 9.17) is 27.9 Å². The van der Waals surface area contributed by atoms with Gasteiger partial charge >= 0.3 is 5.97 Å². The Hall–Kier alpha value is -2.17. The first-order valence-corrected chi connectivity index (χ1v) is 7.22. The number of para-hydroxylation sites is 2. The summed E-state index contributed by atoms with van der Waals surface area (Å²) in [6, 6.07) is 12.4. The predicted octanol–water partition coefficient (Wildman–Crippen LogP) is 4.29. The van der Waals surface area contributed by atoms with Gasteiger partial charge in [-0.05, 0) is 29.8 Å². The van der Waals surface area contributed by atoms with Crippen LogP contribution in [0.4, 0.5) is 0 Å². The van der Waals surface area contributed by atoms with Crippen LogP contribution in [0, 0.1) is 0 Å². The highest BCUT2D eigenvalue weighted by atomic mass is 35.5. The van der Waals surface area contributed by atoms with Crippen LogP contribution in [-0.4, -0.2) is 15.9 Å². The number of ether oxygens (including phenoxy) is 1. The third-order valence-electron chi connectivity index (χ3n) is 3.01. The number of fused-ring (bicyclic) bond motifs is 1. The summed E-state index contributed by atoms with van der Waals surface area (Å²) in [5.74, 6) is -0.538. The molecular formula is C16H10Cl2N2O2. The van der Waals surface area contributed by atoms with E-state index in [2.05, 4.69) is 9.97 Å². The SMILES string of the molecule is O=C(OCc1ccc(Cl)c(Cl)c1)c1cnc2ccccc2n1. The van der Waals surface area contributed by atoms with Gasteiger partial charge in [-0.25, -0.2) is 9.78 Å². The van der Waals surface area contributed by atoms with Gasteiger partial charge in [0.15, 0.2) is 5.69 Å². The summed E-state index contributed by atoms with van der Waals surface area (Å²) in [4.78, 5) is 20.4. The third kappa shape index (κ3) is 3.18. The standard InChI is InChI=1S/C16H10Cl2N2O2/c17-11-6-5-10(7-12(11)18)9-22-16(21)15-8-19-13-3-1-2-4-14(13)20-15/h1-8H,9H2. The van der Waals surface area contributed by atoms with Crippen molar-refractivity contribution in [3.8, 4) is 0 Å². The fourth-order valence-corrected chi connectivity index (χ4v) is 2.23. The second kappa shape index (κ2) is 6.30. The topological polar surface area (TPSA) is 52.1 Å². The van der Waals surface area contributed by atoms with Crippen molar-refractivity contribution in [1.29, 1.82) is 0 Å². The number of rotatable bonds is 3. The Morgan fingerprint density at radius 2 is 1.82 bits per heavy atom. The Morgan fingerprint density at radius 1 is 1.05 bits per heavy atom. The molecule has 0 unspecified atom stereocenters. The third-order valence-corrected chi connectivity index (χ3v) is 3.75. The van der Waals surface area contributed by atoms with E-state index in [1.54, 1.807) is 24.3 Å². The van der Waals surface area contributed by atoms with E-state index in [1.807, 2.05) is 18.2 Å². The van der Waals surface area contributed by atoms with Crippen LogP contribution in [0.25, 0.3) is 11.0 Å². The quantitative estimate of drug-likeness (QED) is 0.671. The van der Waals surface area contributed by atoms with E-state index >= 15 is 0 Å². The van der Waals surface area contributed by atoms with Gasteiger partial charge in [-0.3, -0.25) is 4.98 Å². The summed E-state index contributed by atoms with van der Waals surface area (Å²) < 4.78 is 5.21. The second-order valence-electron chi connectivity index (χ2n) is 4.57. The molecule has 3 rings (SSSR count). The normalized spacial score (nSPS) is 10.6. The lowest BCUT2D eigenvalue weighted by Crippen LogP contribution is -2.08. The average Bonchev–Trinajstić information content (AvgIpc) is 2.55. The summed E-state index contributed by atoms with van der Waals surface area (Å²) in [7, 11) is 0. The lowest BCUT2D eigenvalue weighted by atomic mass is 10.2. The zero-order chi connectivity index (χ0) is 15.5. The molecule has 0 amide bonds. The molecule has 2 aromatic carbocycles. The van der Waals surface area contributed by atoms with Crippen molar-refractivity contribution in [3.63, 3.8) is 0 Å². The van der Waals surface area contributed by atoms with Crippen LogP contribution in [0.15, 0.2) is 48.7 Å². The minimum Gasteiger partial charge on any atom is -0.456 e. The molecule has 22 heavy (non-hydrogen) atoms. The van der Waals surface area contributed by atoms with Crippen molar-refractivity contribution in [2.75, 3.05) is 0 Å². The molecule has 0 aliphatic rings. The molecule has 0 aliphatic carbocycles. The number of benzene rings is 2. The number of esters is 1. The summed E-state index contributed by atoms with van der Waals surface area (Å²) in [5.41, 5.74) is 2.28. The second-order valence-corrected chi connectivity index (χ2v) is 5.38. The molecule has 110 valence electrons. The van der Waals surface area contributed by atoms with Crippen LogP contribution in [0.1, 0.15) is 16.1 Å². The predicted molar refractivity (Wildman–Crippen MR) is 85.1 cm³/mol. The maximum absolute atomic E-state index is 12.0. The number of carbonyl (C=O) groups excluding carboxylic acids is 1. The number of hydrogen-bond donors (Lipinski definition) is 0. The van der Waals surface area contributed by atoms with Gasteiger partial charge in [0.2, 0.25) is 0 Å². The monoisotopic (exact) mass is 332 g/mol. The summed E-state index contributed by atoms with van der Waals surface area (Å²) in [5, 5.41) is 0.873.